The predicted molar refractivity (Wildman–Crippen MR) is 90.7 cm³/mol. The van der Waals surface area contributed by atoms with E-state index < -0.39 is 0 Å². The van der Waals surface area contributed by atoms with Crippen molar-refractivity contribution in [2.45, 2.75) is 32.4 Å². The molecule has 1 heterocycles. The zero-order chi connectivity index (χ0) is 15.9. The Labute approximate surface area is 134 Å². The van der Waals surface area contributed by atoms with Gasteiger partial charge in [-0.15, -0.1) is 0 Å². The van der Waals surface area contributed by atoms with Gasteiger partial charge < -0.3 is 14.8 Å². The molecule has 4 heteroatoms. The number of piperidine rings is 1. The van der Waals surface area contributed by atoms with Crippen LogP contribution in [0.3, 0.4) is 0 Å². The average Bonchev–Trinajstić information content (AvgIpc) is 2.53. The van der Waals surface area contributed by atoms with Gasteiger partial charge in [0.15, 0.2) is 11.5 Å². The maximum absolute atomic E-state index is 5.35. The van der Waals surface area contributed by atoms with Crippen molar-refractivity contribution in [1.82, 2.24) is 10.2 Å². The van der Waals surface area contributed by atoms with Gasteiger partial charge in [-0.1, -0.05) is 18.2 Å². The minimum Gasteiger partial charge on any atom is -0.493 e. The average molecular weight is 304 g/mol. The number of nitrogens with zero attached hydrogens (tertiary/aromatic N) is 1. The molecule has 22 heavy (non-hydrogen) atoms. The standard InChI is InChI=1S/C18H28N2O2/c1-14(2)13-20-9-7-16(8-10-20)19-12-15-5-6-17(21-3)18(11-15)22-4/h5-6,11,16,19H,1,7-10,12-13H2,2-4H3. The van der Waals surface area contributed by atoms with E-state index in [1.165, 1.54) is 24.0 Å². The van der Waals surface area contributed by atoms with Crippen molar-refractivity contribution >= 4 is 0 Å². The van der Waals surface area contributed by atoms with Crippen LogP contribution >= 0.6 is 0 Å². The Balaban J connectivity index is 1.80. The molecular weight excluding hydrogens is 276 g/mol. The molecule has 1 aromatic carbocycles. The summed E-state index contributed by atoms with van der Waals surface area (Å²) in [4.78, 5) is 2.48. The van der Waals surface area contributed by atoms with E-state index in [1.807, 2.05) is 12.1 Å². The first kappa shape index (κ1) is 16.8. The molecule has 1 aliphatic heterocycles. The highest BCUT2D eigenvalue weighted by atomic mass is 16.5. The van der Waals surface area contributed by atoms with Crippen molar-refractivity contribution in [1.29, 1.82) is 0 Å². The van der Waals surface area contributed by atoms with Crippen molar-refractivity contribution < 1.29 is 9.47 Å². The minimum atomic E-state index is 0.592. The van der Waals surface area contributed by atoms with Crippen LogP contribution in [0.1, 0.15) is 25.3 Å². The second-order valence-corrected chi connectivity index (χ2v) is 6.08. The van der Waals surface area contributed by atoms with Crippen LogP contribution in [0.5, 0.6) is 11.5 Å². The van der Waals surface area contributed by atoms with E-state index in [-0.39, 0.29) is 0 Å². The molecule has 0 aliphatic carbocycles. The summed E-state index contributed by atoms with van der Waals surface area (Å²) in [5.74, 6) is 1.57. The van der Waals surface area contributed by atoms with Gasteiger partial charge in [-0.25, -0.2) is 0 Å². The quantitative estimate of drug-likeness (QED) is 0.786. The zero-order valence-corrected chi connectivity index (χ0v) is 14.0. The summed E-state index contributed by atoms with van der Waals surface area (Å²) < 4.78 is 10.6. The number of likely N-dealkylation sites (tertiary alicyclic amines) is 1. The lowest BCUT2D eigenvalue weighted by atomic mass is 10.0. The summed E-state index contributed by atoms with van der Waals surface area (Å²) in [5, 5.41) is 3.66. The first-order chi connectivity index (χ1) is 10.6. The van der Waals surface area contributed by atoms with Gasteiger partial charge in [-0.3, -0.25) is 4.90 Å². The molecule has 0 amide bonds. The van der Waals surface area contributed by atoms with Gasteiger partial charge in [0, 0.05) is 19.1 Å². The molecule has 122 valence electrons. The van der Waals surface area contributed by atoms with Crippen LogP contribution in [-0.2, 0) is 6.54 Å². The van der Waals surface area contributed by atoms with Gasteiger partial charge in [-0.2, -0.15) is 0 Å². The van der Waals surface area contributed by atoms with Crippen molar-refractivity contribution in [2.24, 2.45) is 0 Å². The topological polar surface area (TPSA) is 33.7 Å². The molecule has 1 saturated heterocycles. The van der Waals surface area contributed by atoms with Crippen molar-refractivity contribution in [2.75, 3.05) is 33.9 Å². The highest BCUT2D eigenvalue weighted by molar-refractivity contribution is 5.42. The molecule has 0 saturated carbocycles. The normalized spacial score (nSPS) is 16.5. The number of hydrogen-bond acceptors (Lipinski definition) is 4. The Morgan fingerprint density at radius 1 is 1.23 bits per heavy atom. The van der Waals surface area contributed by atoms with Gasteiger partial charge in [0.2, 0.25) is 0 Å². The second kappa shape index (κ2) is 8.20. The number of benzene rings is 1. The van der Waals surface area contributed by atoms with Gasteiger partial charge >= 0.3 is 0 Å². The van der Waals surface area contributed by atoms with E-state index >= 15 is 0 Å². The number of nitrogens with one attached hydrogen (secondary N) is 1. The van der Waals surface area contributed by atoms with Crippen LogP contribution in [0.4, 0.5) is 0 Å². The molecule has 1 aliphatic rings. The maximum Gasteiger partial charge on any atom is 0.161 e. The fourth-order valence-electron chi connectivity index (χ4n) is 2.93. The van der Waals surface area contributed by atoms with Crippen molar-refractivity contribution in [3.63, 3.8) is 0 Å². The Morgan fingerprint density at radius 2 is 1.91 bits per heavy atom. The summed E-state index contributed by atoms with van der Waals surface area (Å²) in [6, 6.07) is 6.69. The van der Waals surface area contributed by atoms with Crippen LogP contribution in [0.25, 0.3) is 0 Å². The molecule has 0 radical (unpaired) electrons. The molecule has 0 bridgehead atoms. The van der Waals surface area contributed by atoms with Crippen LogP contribution in [-0.4, -0.2) is 44.8 Å². The molecule has 0 unspecified atom stereocenters. The van der Waals surface area contributed by atoms with Crippen LogP contribution < -0.4 is 14.8 Å². The van der Waals surface area contributed by atoms with E-state index in [2.05, 4.69) is 29.8 Å². The second-order valence-electron chi connectivity index (χ2n) is 6.08. The molecule has 0 spiro atoms. The molecule has 4 nitrogen and oxygen atoms in total. The molecular formula is C18H28N2O2. The molecule has 1 N–H and O–H groups in total. The summed E-state index contributed by atoms with van der Waals surface area (Å²) >= 11 is 0. The maximum atomic E-state index is 5.35. The van der Waals surface area contributed by atoms with Crippen LogP contribution in [0.2, 0.25) is 0 Å². The molecule has 0 aromatic heterocycles. The van der Waals surface area contributed by atoms with Gasteiger partial charge in [-0.05, 0) is 50.6 Å². The van der Waals surface area contributed by atoms with Crippen molar-refractivity contribution in [3.05, 3.63) is 35.9 Å². The van der Waals surface area contributed by atoms with Crippen LogP contribution in [0, 0.1) is 0 Å². The van der Waals surface area contributed by atoms with E-state index in [1.54, 1.807) is 14.2 Å². The Kier molecular flexibility index (Phi) is 6.28. The number of ether oxygens (including phenoxy) is 2. The fraction of sp³-hybridized carbons (Fsp3) is 0.556. The van der Waals surface area contributed by atoms with E-state index in [0.717, 1.165) is 37.7 Å². The van der Waals surface area contributed by atoms with Crippen molar-refractivity contribution in [3.8, 4) is 11.5 Å². The number of rotatable bonds is 7. The third kappa shape index (κ3) is 4.75. The number of hydrogen-bond donors (Lipinski definition) is 1. The lowest BCUT2D eigenvalue weighted by Gasteiger charge is -2.32. The van der Waals surface area contributed by atoms with Gasteiger partial charge in [0.25, 0.3) is 0 Å². The summed E-state index contributed by atoms with van der Waals surface area (Å²) in [5.41, 5.74) is 2.47. The lowest BCUT2D eigenvalue weighted by molar-refractivity contribution is 0.211. The largest absolute Gasteiger partial charge is 0.493 e. The first-order valence-electron chi connectivity index (χ1n) is 7.93. The SMILES string of the molecule is C=C(C)CN1CCC(NCc2ccc(OC)c(OC)c2)CC1. The summed E-state index contributed by atoms with van der Waals surface area (Å²) in [6.45, 7) is 10.3. The third-order valence-corrected chi connectivity index (χ3v) is 4.12. The van der Waals surface area contributed by atoms with Crippen LogP contribution in [0.15, 0.2) is 30.4 Å². The van der Waals surface area contributed by atoms with E-state index in [0.29, 0.717) is 6.04 Å². The summed E-state index contributed by atoms with van der Waals surface area (Å²) in [6.07, 6.45) is 2.39. The molecule has 1 aromatic rings. The Morgan fingerprint density at radius 3 is 2.50 bits per heavy atom. The Bertz CT molecular complexity index is 494. The number of methoxy groups -OCH3 is 2. The highest BCUT2D eigenvalue weighted by Gasteiger charge is 2.18. The summed E-state index contributed by atoms with van der Waals surface area (Å²) in [7, 11) is 3.33. The smallest absolute Gasteiger partial charge is 0.161 e. The zero-order valence-electron chi connectivity index (χ0n) is 14.0. The lowest BCUT2D eigenvalue weighted by Crippen LogP contribution is -2.42. The Hall–Kier alpha value is -1.52. The van der Waals surface area contributed by atoms with Gasteiger partial charge in [0.1, 0.15) is 0 Å². The van der Waals surface area contributed by atoms with Gasteiger partial charge in [0.05, 0.1) is 14.2 Å². The molecule has 1 fully saturated rings. The minimum absolute atomic E-state index is 0.592. The van der Waals surface area contributed by atoms with E-state index in [4.69, 9.17) is 9.47 Å². The third-order valence-electron chi connectivity index (χ3n) is 4.12. The molecule has 0 atom stereocenters. The monoisotopic (exact) mass is 304 g/mol. The fourth-order valence-corrected chi connectivity index (χ4v) is 2.93. The first-order valence-corrected chi connectivity index (χ1v) is 7.93. The van der Waals surface area contributed by atoms with E-state index in [9.17, 15) is 0 Å². The predicted octanol–water partition coefficient (Wildman–Crippen LogP) is 2.83. The highest BCUT2D eigenvalue weighted by Crippen LogP contribution is 2.27. The molecule has 2 rings (SSSR count).